The first-order chi connectivity index (χ1) is 8.57. The van der Waals surface area contributed by atoms with E-state index in [1.54, 1.807) is 0 Å². The lowest BCUT2D eigenvalue weighted by atomic mass is 9.82. The van der Waals surface area contributed by atoms with Crippen molar-refractivity contribution in [3.8, 4) is 0 Å². The van der Waals surface area contributed by atoms with Gasteiger partial charge in [0.25, 0.3) is 0 Å². The standard InChI is InChI=1S/C16H26N2O/c1-12-8-7-9-13(10-12)17-14(19)18-16(5,6)11-15(2,3)4/h7-10H,11H2,1-6H3,(H2,17,18,19). The molecule has 0 aromatic heterocycles. The largest absolute Gasteiger partial charge is 0.333 e. The highest BCUT2D eigenvalue weighted by Crippen LogP contribution is 2.26. The lowest BCUT2D eigenvalue weighted by molar-refractivity contribution is 0.220. The number of hydrogen-bond acceptors (Lipinski definition) is 1. The molecule has 0 aliphatic heterocycles. The van der Waals surface area contributed by atoms with Crippen LogP contribution in [-0.4, -0.2) is 11.6 Å². The fourth-order valence-electron chi connectivity index (χ4n) is 2.56. The van der Waals surface area contributed by atoms with Crippen molar-refractivity contribution in [1.82, 2.24) is 5.32 Å². The molecule has 0 saturated heterocycles. The average Bonchev–Trinajstić information content (AvgIpc) is 2.11. The zero-order valence-electron chi connectivity index (χ0n) is 12.9. The Balaban J connectivity index is 2.60. The Morgan fingerprint density at radius 3 is 2.32 bits per heavy atom. The minimum atomic E-state index is -0.230. The summed E-state index contributed by atoms with van der Waals surface area (Å²) in [5, 5.41) is 5.91. The first kappa shape index (κ1) is 15.5. The number of amides is 2. The summed E-state index contributed by atoms with van der Waals surface area (Å²) in [5.74, 6) is 0. The molecule has 3 nitrogen and oxygen atoms in total. The van der Waals surface area contributed by atoms with Crippen LogP contribution in [0, 0.1) is 12.3 Å². The molecule has 2 amide bonds. The van der Waals surface area contributed by atoms with E-state index in [-0.39, 0.29) is 17.0 Å². The normalized spacial score (nSPS) is 12.1. The zero-order valence-corrected chi connectivity index (χ0v) is 12.9. The molecular formula is C16H26N2O. The Hall–Kier alpha value is -1.51. The van der Waals surface area contributed by atoms with Crippen LogP contribution >= 0.6 is 0 Å². The summed E-state index contributed by atoms with van der Waals surface area (Å²) in [6.07, 6.45) is 0.918. The Morgan fingerprint density at radius 2 is 1.79 bits per heavy atom. The molecule has 3 heteroatoms. The third-order valence-corrected chi connectivity index (χ3v) is 2.70. The van der Waals surface area contributed by atoms with Crippen LogP contribution in [0.3, 0.4) is 0 Å². The highest BCUT2D eigenvalue weighted by atomic mass is 16.2. The second-order valence-electron chi connectivity index (χ2n) is 7.07. The van der Waals surface area contributed by atoms with Gasteiger partial charge < -0.3 is 10.6 Å². The molecule has 0 aliphatic carbocycles. The van der Waals surface area contributed by atoms with Crippen LogP contribution in [0.15, 0.2) is 24.3 Å². The van der Waals surface area contributed by atoms with Gasteiger partial charge in [-0.3, -0.25) is 0 Å². The summed E-state index contributed by atoms with van der Waals surface area (Å²) >= 11 is 0. The highest BCUT2D eigenvalue weighted by Gasteiger charge is 2.26. The number of carbonyl (C=O) groups excluding carboxylic acids is 1. The van der Waals surface area contributed by atoms with Crippen molar-refractivity contribution in [2.24, 2.45) is 5.41 Å². The van der Waals surface area contributed by atoms with Crippen LogP contribution in [0.25, 0.3) is 0 Å². The lowest BCUT2D eigenvalue weighted by Crippen LogP contribution is -2.47. The van der Waals surface area contributed by atoms with Gasteiger partial charge in [0.15, 0.2) is 0 Å². The summed E-state index contributed by atoms with van der Waals surface area (Å²) in [6, 6.07) is 7.64. The molecular weight excluding hydrogens is 236 g/mol. The molecule has 1 aromatic carbocycles. The van der Waals surface area contributed by atoms with Gasteiger partial charge in [0.2, 0.25) is 0 Å². The van der Waals surface area contributed by atoms with Crippen molar-refractivity contribution in [3.05, 3.63) is 29.8 Å². The zero-order chi connectivity index (χ0) is 14.7. The van der Waals surface area contributed by atoms with Gasteiger partial charge in [-0.2, -0.15) is 0 Å². The molecule has 0 saturated carbocycles. The number of rotatable bonds is 3. The van der Waals surface area contributed by atoms with E-state index in [4.69, 9.17) is 0 Å². The van der Waals surface area contributed by atoms with Gasteiger partial charge in [-0.1, -0.05) is 32.9 Å². The summed E-state index contributed by atoms with van der Waals surface area (Å²) in [5.41, 5.74) is 1.91. The van der Waals surface area contributed by atoms with E-state index in [2.05, 4.69) is 31.4 Å². The predicted octanol–water partition coefficient (Wildman–Crippen LogP) is 4.33. The Labute approximate surface area is 116 Å². The fraction of sp³-hybridized carbons (Fsp3) is 0.562. The number of anilines is 1. The van der Waals surface area contributed by atoms with Crippen molar-refractivity contribution >= 4 is 11.7 Å². The van der Waals surface area contributed by atoms with Gasteiger partial charge in [-0.25, -0.2) is 4.79 Å². The van der Waals surface area contributed by atoms with Gasteiger partial charge in [0, 0.05) is 11.2 Å². The van der Waals surface area contributed by atoms with Crippen LogP contribution < -0.4 is 10.6 Å². The molecule has 0 spiro atoms. The molecule has 0 fully saturated rings. The van der Waals surface area contributed by atoms with Crippen molar-refractivity contribution in [1.29, 1.82) is 0 Å². The van der Waals surface area contributed by atoms with E-state index in [0.717, 1.165) is 17.7 Å². The van der Waals surface area contributed by atoms with Gasteiger partial charge in [0.1, 0.15) is 0 Å². The number of hydrogen-bond donors (Lipinski definition) is 2. The third kappa shape index (κ3) is 6.27. The number of aryl methyl sites for hydroxylation is 1. The summed E-state index contributed by atoms with van der Waals surface area (Å²) in [4.78, 5) is 12.0. The quantitative estimate of drug-likeness (QED) is 0.836. The van der Waals surface area contributed by atoms with Crippen molar-refractivity contribution < 1.29 is 4.79 Å². The minimum absolute atomic E-state index is 0.153. The third-order valence-electron chi connectivity index (χ3n) is 2.70. The number of carbonyl (C=O) groups is 1. The van der Waals surface area contributed by atoms with Gasteiger partial charge in [-0.15, -0.1) is 0 Å². The Morgan fingerprint density at radius 1 is 1.16 bits per heavy atom. The lowest BCUT2D eigenvalue weighted by Gasteiger charge is -2.33. The monoisotopic (exact) mass is 262 g/mol. The molecule has 106 valence electrons. The van der Waals surface area contributed by atoms with E-state index in [0.29, 0.717) is 0 Å². The SMILES string of the molecule is Cc1cccc(NC(=O)NC(C)(C)CC(C)(C)C)c1. The Bertz CT molecular complexity index is 444. The smallest absolute Gasteiger partial charge is 0.319 e. The van der Waals surface area contributed by atoms with Crippen molar-refractivity contribution in [2.75, 3.05) is 5.32 Å². The molecule has 1 aromatic rings. The first-order valence-electron chi connectivity index (χ1n) is 6.73. The van der Waals surface area contributed by atoms with Crippen LogP contribution in [0.5, 0.6) is 0 Å². The maximum absolute atomic E-state index is 12.0. The first-order valence-corrected chi connectivity index (χ1v) is 6.73. The van der Waals surface area contributed by atoms with Gasteiger partial charge in [0.05, 0.1) is 0 Å². The molecule has 0 aliphatic rings. The van der Waals surface area contributed by atoms with Crippen LogP contribution in [0.4, 0.5) is 10.5 Å². The molecule has 0 unspecified atom stereocenters. The van der Waals surface area contributed by atoms with Crippen molar-refractivity contribution in [3.63, 3.8) is 0 Å². The minimum Gasteiger partial charge on any atom is -0.333 e. The van der Waals surface area contributed by atoms with Crippen LogP contribution in [0.1, 0.15) is 46.6 Å². The maximum atomic E-state index is 12.0. The molecule has 1 rings (SSSR count). The van der Waals surface area contributed by atoms with Crippen LogP contribution in [0.2, 0.25) is 0 Å². The van der Waals surface area contributed by atoms with E-state index in [1.165, 1.54) is 0 Å². The summed E-state index contributed by atoms with van der Waals surface area (Å²) in [7, 11) is 0. The Kier molecular flexibility index (Phi) is 4.61. The van der Waals surface area contributed by atoms with E-state index >= 15 is 0 Å². The second kappa shape index (κ2) is 5.64. The van der Waals surface area contributed by atoms with E-state index < -0.39 is 0 Å². The fourth-order valence-corrected chi connectivity index (χ4v) is 2.56. The summed E-state index contributed by atoms with van der Waals surface area (Å²) < 4.78 is 0. The average molecular weight is 262 g/mol. The highest BCUT2D eigenvalue weighted by molar-refractivity contribution is 5.89. The van der Waals surface area contributed by atoms with E-state index in [9.17, 15) is 4.79 Å². The second-order valence-corrected chi connectivity index (χ2v) is 7.07. The van der Waals surface area contributed by atoms with Gasteiger partial charge >= 0.3 is 6.03 Å². The van der Waals surface area contributed by atoms with Gasteiger partial charge in [-0.05, 0) is 50.3 Å². The topological polar surface area (TPSA) is 41.1 Å². The van der Waals surface area contributed by atoms with Crippen LogP contribution in [-0.2, 0) is 0 Å². The van der Waals surface area contributed by atoms with E-state index in [1.807, 2.05) is 45.0 Å². The van der Waals surface area contributed by atoms with Crippen molar-refractivity contribution in [2.45, 2.75) is 53.5 Å². The number of benzene rings is 1. The predicted molar refractivity (Wildman–Crippen MR) is 81.5 cm³/mol. The maximum Gasteiger partial charge on any atom is 0.319 e. The molecule has 0 heterocycles. The molecule has 0 bridgehead atoms. The molecule has 0 atom stereocenters. The molecule has 2 N–H and O–H groups in total. The molecule has 0 radical (unpaired) electrons. The number of urea groups is 1. The summed E-state index contributed by atoms with van der Waals surface area (Å²) in [6.45, 7) is 12.6. The molecule has 19 heavy (non-hydrogen) atoms. The number of nitrogens with one attached hydrogen (secondary N) is 2.